The van der Waals surface area contributed by atoms with Crippen molar-refractivity contribution < 1.29 is 14.2 Å². The monoisotopic (exact) mass is 302 g/mol. The standard InChI is InChI=1S/C19H26O3/c1-12-6-7-16-15(19(12,2)3)10-14-8-13(11-20-4)9-17(21-5)18(14)22-16/h8-9,15-16H,1,6-7,10-11H2,2-5H3. The quantitative estimate of drug-likeness (QED) is 0.786. The van der Waals surface area contributed by atoms with Crippen molar-refractivity contribution in [1.29, 1.82) is 0 Å². The molecule has 2 atom stereocenters. The third kappa shape index (κ3) is 2.41. The summed E-state index contributed by atoms with van der Waals surface area (Å²) in [6.07, 6.45) is 3.37. The summed E-state index contributed by atoms with van der Waals surface area (Å²) >= 11 is 0. The highest BCUT2D eigenvalue weighted by Crippen LogP contribution is 2.51. The average molecular weight is 302 g/mol. The number of rotatable bonds is 3. The minimum absolute atomic E-state index is 0.116. The summed E-state index contributed by atoms with van der Waals surface area (Å²) in [6.45, 7) is 9.49. The molecule has 2 unspecified atom stereocenters. The Bertz CT molecular complexity index is 589. The first kappa shape index (κ1) is 15.4. The van der Waals surface area contributed by atoms with Crippen LogP contribution in [0.4, 0.5) is 0 Å². The van der Waals surface area contributed by atoms with Crippen LogP contribution in [0.5, 0.6) is 11.5 Å². The topological polar surface area (TPSA) is 27.7 Å². The maximum Gasteiger partial charge on any atom is 0.164 e. The van der Waals surface area contributed by atoms with Gasteiger partial charge in [0.25, 0.3) is 0 Å². The van der Waals surface area contributed by atoms with Crippen LogP contribution >= 0.6 is 0 Å². The van der Waals surface area contributed by atoms with Gasteiger partial charge in [0.1, 0.15) is 6.10 Å². The highest BCUT2D eigenvalue weighted by molar-refractivity contribution is 5.51. The zero-order valence-electron chi connectivity index (χ0n) is 14.1. The number of hydrogen-bond donors (Lipinski definition) is 0. The normalized spacial score (nSPS) is 25.9. The highest BCUT2D eigenvalue weighted by atomic mass is 16.5. The maximum absolute atomic E-state index is 6.37. The van der Waals surface area contributed by atoms with E-state index in [2.05, 4.69) is 26.5 Å². The van der Waals surface area contributed by atoms with Gasteiger partial charge in [0.05, 0.1) is 13.7 Å². The molecule has 1 saturated carbocycles. The summed E-state index contributed by atoms with van der Waals surface area (Å²) in [5.41, 5.74) is 3.83. The molecule has 0 spiro atoms. The summed E-state index contributed by atoms with van der Waals surface area (Å²) in [6, 6.07) is 4.22. The molecule has 1 aromatic rings. The Morgan fingerprint density at radius 1 is 1.32 bits per heavy atom. The number of allylic oxidation sites excluding steroid dienone is 1. The second kappa shape index (κ2) is 5.62. The van der Waals surface area contributed by atoms with Gasteiger partial charge in [-0.15, -0.1) is 0 Å². The van der Waals surface area contributed by atoms with Crippen LogP contribution in [0, 0.1) is 11.3 Å². The lowest BCUT2D eigenvalue weighted by Crippen LogP contribution is -2.46. The summed E-state index contributed by atoms with van der Waals surface area (Å²) in [7, 11) is 3.42. The van der Waals surface area contributed by atoms with Crippen molar-refractivity contribution in [3.8, 4) is 11.5 Å². The van der Waals surface area contributed by atoms with E-state index < -0.39 is 0 Å². The lowest BCUT2D eigenvalue weighted by molar-refractivity contribution is 0.0233. The Morgan fingerprint density at radius 2 is 2.09 bits per heavy atom. The van der Waals surface area contributed by atoms with Crippen molar-refractivity contribution in [1.82, 2.24) is 0 Å². The summed E-state index contributed by atoms with van der Waals surface area (Å²) < 4.78 is 17.2. The fourth-order valence-electron chi connectivity index (χ4n) is 3.89. The van der Waals surface area contributed by atoms with Crippen molar-refractivity contribution in [2.24, 2.45) is 11.3 Å². The fourth-order valence-corrected chi connectivity index (χ4v) is 3.89. The van der Waals surface area contributed by atoms with Crippen LogP contribution in [0.25, 0.3) is 0 Å². The molecule has 2 aliphatic rings. The van der Waals surface area contributed by atoms with E-state index in [1.807, 2.05) is 6.07 Å². The largest absolute Gasteiger partial charge is 0.493 e. The van der Waals surface area contributed by atoms with Crippen LogP contribution in [0.1, 0.15) is 37.8 Å². The summed E-state index contributed by atoms with van der Waals surface area (Å²) in [5.74, 6) is 2.22. The summed E-state index contributed by atoms with van der Waals surface area (Å²) in [4.78, 5) is 0. The molecular formula is C19H26O3. The SMILES string of the molecule is C=C1CCC2Oc3c(cc(COC)cc3OC)CC2C1(C)C. The third-order valence-corrected chi connectivity index (χ3v) is 5.45. The summed E-state index contributed by atoms with van der Waals surface area (Å²) in [5, 5.41) is 0. The Labute approximate surface area is 133 Å². The second-order valence-corrected chi connectivity index (χ2v) is 7.05. The number of methoxy groups -OCH3 is 2. The number of fused-ring (bicyclic) bond motifs is 2. The molecular weight excluding hydrogens is 276 g/mol. The predicted octanol–water partition coefficient (Wildman–Crippen LogP) is 4.14. The first-order valence-electron chi connectivity index (χ1n) is 8.01. The molecule has 3 heteroatoms. The minimum Gasteiger partial charge on any atom is -0.493 e. The van der Waals surface area contributed by atoms with Gasteiger partial charge in [-0.1, -0.05) is 26.0 Å². The molecule has 22 heavy (non-hydrogen) atoms. The second-order valence-electron chi connectivity index (χ2n) is 7.05. The van der Waals surface area contributed by atoms with Crippen LogP contribution in [-0.4, -0.2) is 20.3 Å². The van der Waals surface area contributed by atoms with Gasteiger partial charge in [0.2, 0.25) is 0 Å². The molecule has 0 N–H and O–H groups in total. The fraction of sp³-hybridized carbons (Fsp3) is 0.579. The van der Waals surface area contributed by atoms with E-state index in [0.29, 0.717) is 12.5 Å². The van der Waals surface area contributed by atoms with Crippen LogP contribution < -0.4 is 9.47 Å². The van der Waals surface area contributed by atoms with Crippen molar-refractivity contribution >= 4 is 0 Å². The molecule has 0 aromatic heterocycles. The lowest BCUT2D eigenvalue weighted by atomic mass is 9.62. The predicted molar refractivity (Wildman–Crippen MR) is 87.5 cm³/mol. The van der Waals surface area contributed by atoms with Gasteiger partial charge in [-0.2, -0.15) is 0 Å². The van der Waals surface area contributed by atoms with Crippen LogP contribution in [-0.2, 0) is 17.8 Å². The molecule has 0 amide bonds. The maximum atomic E-state index is 6.37. The van der Waals surface area contributed by atoms with Gasteiger partial charge in [0, 0.05) is 13.0 Å². The molecule has 1 aliphatic heterocycles. The van der Waals surface area contributed by atoms with Crippen LogP contribution in [0.2, 0.25) is 0 Å². The van der Waals surface area contributed by atoms with Gasteiger partial charge in [-0.05, 0) is 47.9 Å². The van der Waals surface area contributed by atoms with Gasteiger partial charge >= 0.3 is 0 Å². The van der Waals surface area contributed by atoms with Gasteiger partial charge in [-0.25, -0.2) is 0 Å². The van der Waals surface area contributed by atoms with Crippen molar-refractivity contribution in [3.05, 3.63) is 35.4 Å². The Morgan fingerprint density at radius 3 is 2.77 bits per heavy atom. The molecule has 1 heterocycles. The number of ether oxygens (including phenoxy) is 3. The average Bonchev–Trinajstić information content (AvgIpc) is 2.50. The molecule has 0 bridgehead atoms. The molecule has 120 valence electrons. The van der Waals surface area contributed by atoms with E-state index in [4.69, 9.17) is 14.2 Å². The van der Waals surface area contributed by atoms with Gasteiger partial charge < -0.3 is 14.2 Å². The zero-order chi connectivity index (χ0) is 15.9. The van der Waals surface area contributed by atoms with E-state index in [1.165, 1.54) is 11.1 Å². The molecule has 3 nitrogen and oxygen atoms in total. The van der Waals surface area contributed by atoms with Crippen molar-refractivity contribution in [3.63, 3.8) is 0 Å². The first-order chi connectivity index (χ1) is 10.5. The Balaban J connectivity index is 2.00. The van der Waals surface area contributed by atoms with E-state index in [-0.39, 0.29) is 11.5 Å². The van der Waals surface area contributed by atoms with Crippen LogP contribution in [0.15, 0.2) is 24.3 Å². The van der Waals surface area contributed by atoms with Gasteiger partial charge in [0.15, 0.2) is 11.5 Å². The first-order valence-corrected chi connectivity index (χ1v) is 8.01. The van der Waals surface area contributed by atoms with E-state index in [9.17, 15) is 0 Å². The van der Waals surface area contributed by atoms with E-state index in [1.54, 1.807) is 14.2 Å². The smallest absolute Gasteiger partial charge is 0.164 e. The lowest BCUT2D eigenvalue weighted by Gasteiger charge is -2.48. The van der Waals surface area contributed by atoms with Crippen molar-refractivity contribution in [2.75, 3.05) is 14.2 Å². The van der Waals surface area contributed by atoms with Crippen LogP contribution in [0.3, 0.4) is 0 Å². The Hall–Kier alpha value is -1.48. The number of hydrogen-bond acceptors (Lipinski definition) is 3. The molecule has 1 aromatic carbocycles. The van der Waals surface area contributed by atoms with Crippen molar-refractivity contribution in [2.45, 2.75) is 45.8 Å². The Kier molecular flexibility index (Phi) is 3.94. The van der Waals surface area contributed by atoms with Gasteiger partial charge in [-0.3, -0.25) is 0 Å². The third-order valence-electron chi connectivity index (χ3n) is 5.45. The minimum atomic E-state index is 0.116. The molecule has 0 saturated heterocycles. The molecule has 3 rings (SSSR count). The molecule has 0 radical (unpaired) electrons. The zero-order valence-corrected chi connectivity index (χ0v) is 14.1. The number of benzene rings is 1. The highest BCUT2D eigenvalue weighted by Gasteiger charge is 2.45. The van der Waals surface area contributed by atoms with E-state index >= 15 is 0 Å². The van der Waals surface area contributed by atoms with E-state index in [0.717, 1.165) is 36.3 Å². The molecule has 1 aliphatic carbocycles. The molecule has 1 fully saturated rings.